The van der Waals surface area contributed by atoms with E-state index in [9.17, 15) is 28.0 Å². The van der Waals surface area contributed by atoms with Crippen molar-refractivity contribution in [3.05, 3.63) is 76.3 Å². The van der Waals surface area contributed by atoms with Gasteiger partial charge in [0.15, 0.2) is 11.2 Å². The van der Waals surface area contributed by atoms with Gasteiger partial charge >= 0.3 is 12.1 Å². The number of Topliss-reactive ketones (excluding diaryl/α,β-unsaturated/α-hetero) is 1. The average Bonchev–Trinajstić information content (AvgIpc) is 3.40. The lowest BCUT2D eigenvalue weighted by molar-refractivity contribution is -0.138. The molecule has 0 saturated heterocycles. The van der Waals surface area contributed by atoms with E-state index < -0.39 is 40.9 Å². The molecule has 2 atom stereocenters. The molecule has 4 rings (SSSR count). The number of ether oxygens (including phenoxy) is 2. The molecule has 8 heteroatoms. The maximum absolute atomic E-state index is 14.3. The van der Waals surface area contributed by atoms with Crippen LogP contribution in [0.4, 0.5) is 13.2 Å². The summed E-state index contributed by atoms with van der Waals surface area (Å²) in [6.07, 6.45) is -5.17. The number of aryl methyl sites for hydroxylation is 1. The summed E-state index contributed by atoms with van der Waals surface area (Å²) in [5.41, 5.74) is -2.94. The summed E-state index contributed by atoms with van der Waals surface area (Å²) < 4.78 is 53.6. The molecule has 3 aromatic carbocycles. The summed E-state index contributed by atoms with van der Waals surface area (Å²) in [4.78, 5) is 25.7. The highest BCUT2D eigenvalue weighted by atomic mass is 19.4. The van der Waals surface area contributed by atoms with E-state index in [1.807, 2.05) is 6.07 Å². The highest BCUT2D eigenvalue weighted by Crippen LogP contribution is 2.60. The zero-order valence-electron chi connectivity index (χ0n) is 19.5. The summed E-state index contributed by atoms with van der Waals surface area (Å²) in [7, 11) is 1.34. The minimum absolute atomic E-state index is 0.0611. The number of esters is 1. The zero-order valence-corrected chi connectivity index (χ0v) is 19.5. The molecule has 0 heterocycles. The lowest BCUT2D eigenvalue weighted by atomic mass is 9.85. The van der Waals surface area contributed by atoms with Crippen LogP contribution in [0.25, 0.3) is 10.8 Å². The number of carbonyl (C=O) groups is 2. The van der Waals surface area contributed by atoms with Gasteiger partial charge in [-0.05, 0) is 61.0 Å². The zero-order chi connectivity index (χ0) is 25.7. The van der Waals surface area contributed by atoms with Crippen LogP contribution >= 0.6 is 0 Å². The molecule has 0 N–H and O–H groups in total. The minimum atomic E-state index is -4.78. The Kier molecular flexibility index (Phi) is 5.84. The van der Waals surface area contributed by atoms with E-state index in [-0.39, 0.29) is 33.4 Å². The first kappa shape index (κ1) is 24.3. The maximum Gasteiger partial charge on any atom is 0.416 e. The van der Waals surface area contributed by atoms with Gasteiger partial charge in [-0.25, -0.2) is 4.79 Å². The Balaban J connectivity index is 1.98. The van der Waals surface area contributed by atoms with Gasteiger partial charge in [0.05, 0.1) is 36.3 Å². The molecule has 1 saturated carbocycles. The van der Waals surface area contributed by atoms with Gasteiger partial charge in [-0.15, -0.1) is 0 Å². The largest absolute Gasteiger partial charge is 0.496 e. The number of rotatable bonds is 5. The number of halogens is 3. The standard InChI is InChI=1S/C27H22F3NO4/c1-14(2)35-25(33)17-8-5-9-18(12-17)26(13-31)23(24(26)32)21-20-16(7-6-10-19(20)34-4)11-15(3)22(21)27(28,29)30/h5-12,14,23H,1-4H3. The van der Waals surface area contributed by atoms with E-state index in [0.717, 1.165) is 0 Å². The molecule has 1 fully saturated rings. The Labute approximate surface area is 200 Å². The topological polar surface area (TPSA) is 76.4 Å². The second kappa shape index (κ2) is 8.42. The number of ketones is 1. The Hall–Kier alpha value is -3.86. The number of nitrogens with zero attached hydrogens (tertiary/aromatic N) is 1. The second-order valence-electron chi connectivity index (χ2n) is 8.79. The lowest BCUT2D eigenvalue weighted by Crippen LogP contribution is -2.16. The smallest absolute Gasteiger partial charge is 0.416 e. The normalized spacial score (nSPS) is 19.5. The third-order valence-electron chi connectivity index (χ3n) is 6.23. The highest BCUT2D eigenvalue weighted by molar-refractivity contribution is 6.19. The maximum atomic E-state index is 14.3. The summed E-state index contributed by atoms with van der Waals surface area (Å²) in [5, 5.41) is 10.8. The van der Waals surface area contributed by atoms with Gasteiger partial charge in [-0.2, -0.15) is 18.4 Å². The number of methoxy groups -OCH3 is 1. The van der Waals surface area contributed by atoms with E-state index in [2.05, 4.69) is 0 Å². The lowest BCUT2D eigenvalue weighted by Gasteiger charge is -2.20. The van der Waals surface area contributed by atoms with Crippen molar-refractivity contribution in [3.8, 4) is 11.8 Å². The fourth-order valence-corrected chi connectivity index (χ4v) is 4.75. The Morgan fingerprint density at radius 3 is 2.43 bits per heavy atom. The Morgan fingerprint density at radius 2 is 1.83 bits per heavy atom. The Morgan fingerprint density at radius 1 is 1.14 bits per heavy atom. The van der Waals surface area contributed by atoms with Crippen LogP contribution in [0.5, 0.6) is 5.75 Å². The monoisotopic (exact) mass is 481 g/mol. The first-order valence-electron chi connectivity index (χ1n) is 10.9. The number of benzene rings is 3. The van der Waals surface area contributed by atoms with Gasteiger partial charge in [0, 0.05) is 5.39 Å². The van der Waals surface area contributed by atoms with E-state index in [0.29, 0.717) is 5.39 Å². The third-order valence-corrected chi connectivity index (χ3v) is 6.23. The van der Waals surface area contributed by atoms with Gasteiger partial charge in [0.2, 0.25) is 0 Å². The summed E-state index contributed by atoms with van der Waals surface area (Å²) in [5.74, 6) is -2.54. The predicted molar refractivity (Wildman–Crippen MR) is 122 cm³/mol. The van der Waals surface area contributed by atoms with Crippen molar-refractivity contribution in [1.29, 1.82) is 5.26 Å². The Bertz CT molecular complexity index is 1400. The number of hydrogen-bond donors (Lipinski definition) is 0. The number of carbonyl (C=O) groups excluding carboxylic acids is 2. The molecule has 0 amide bonds. The predicted octanol–water partition coefficient (Wildman–Crippen LogP) is 5.87. The molecule has 0 spiro atoms. The van der Waals surface area contributed by atoms with Crippen LogP contribution in [-0.4, -0.2) is 25.0 Å². The highest BCUT2D eigenvalue weighted by Gasteiger charge is 2.69. The average molecular weight is 481 g/mol. The van der Waals surface area contributed by atoms with Crippen molar-refractivity contribution in [2.45, 2.75) is 44.4 Å². The minimum Gasteiger partial charge on any atom is -0.496 e. The third kappa shape index (κ3) is 3.81. The molecule has 1 aliphatic rings. The van der Waals surface area contributed by atoms with Crippen LogP contribution in [0, 0.1) is 18.3 Å². The molecule has 1 aliphatic carbocycles. The van der Waals surface area contributed by atoms with Crippen molar-refractivity contribution in [3.63, 3.8) is 0 Å². The van der Waals surface area contributed by atoms with Crippen molar-refractivity contribution in [1.82, 2.24) is 0 Å². The summed E-state index contributed by atoms with van der Waals surface area (Å²) >= 11 is 0. The van der Waals surface area contributed by atoms with Crippen molar-refractivity contribution in [2.24, 2.45) is 0 Å². The van der Waals surface area contributed by atoms with Gasteiger partial charge in [-0.1, -0.05) is 30.3 Å². The van der Waals surface area contributed by atoms with E-state index >= 15 is 0 Å². The molecule has 0 radical (unpaired) electrons. The van der Waals surface area contributed by atoms with Crippen molar-refractivity contribution in [2.75, 3.05) is 7.11 Å². The SMILES string of the molecule is COc1cccc2cc(C)c(C(F)(F)F)c(C3C(=O)C3(C#N)c3cccc(C(=O)OC(C)C)c3)c12. The van der Waals surface area contributed by atoms with Crippen LogP contribution in [0.3, 0.4) is 0 Å². The fraction of sp³-hybridized carbons (Fsp3) is 0.296. The number of fused-ring (bicyclic) bond motifs is 1. The molecule has 2 unspecified atom stereocenters. The number of hydrogen-bond acceptors (Lipinski definition) is 5. The molecule has 35 heavy (non-hydrogen) atoms. The van der Waals surface area contributed by atoms with Crippen LogP contribution in [0.2, 0.25) is 0 Å². The van der Waals surface area contributed by atoms with Crippen molar-refractivity contribution >= 4 is 22.5 Å². The number of nitriles is 1. The van der Waals surface area contributed by atoms with Crippen LogP contribution < -0.4 is 4.74 Å². The molecule has 0 aromatic heterocycles. The number of alkyl halides is 3. The van der Waals surface area contributed by atoms with Crippen LogP contribution in [-0.2, 0) is 21.1 Å². The summed E-state index contributed by atoms with van der Waals surface area (Å²) in [6, 6.07) is 13.9. The van der Waals surface area contributed by atoms with E-state index in [1.165, 1.54) is 50.4 Å². The first-order chi connectivity index (χ1) is 16.5. The molecule has 3 aromatic rings. The molecule has 0 bridgehead atoms. The fourth-order valence-electron chi connectivity index (χ4n) is 4.75. The van der Waals surface area contributed by atoms with Gasteiger partial charge in [0.1, 0.15) is 5.75 Å². The van der Waals surface area contributed by atoms with Gasteiger partial charge < -0.3 is 9.47 Å². The van der Waals surface area contributed by atoms with Gasteiger partial charge in [0.25, 0.3) is 0 Å². The molecule has 5 nitrogen and oxygen atoms in total. The molecule has 180 valence electrons. The molecule has 0 aliphatic heterocycles. The van der Waals surface area contributed by atoms with Gasteiger partial charge in [-0.3, -0.25) is 4.79 Å². The molecular weight excluding hydrogens is 459 g/mol. The van der Waals surface area contributed by atoms with Crippen molar-refractivity contribution < 1.29 is 32.2 Å². The van der Waals surface area contributed by atoms with E-state index in [1.54, 1.807) is 26.0 Å². The first-order valence-corrected chi connectivity index (χ1v) is 10.9. The van der Waals surface area contributed by atoms with E-state index in [4.69, 9.17) is 9.47 Å². The quantitative estimate of drug-likeness (QED) is 0.426. The van der Waals surface area contributed by atoms with Crippen LogP contribution in [0.15, 0.2) is 48.5 Å². The second-order valence-corrected chi connectivity index (χ2v) is 8.79. The van der Waals surface area contributed by atoms with Crippen LogP contribution in [0.1, 0.15) is 52.4 Å². The summed E-state index contributed by atoms with van der Waals surface area (Å²) in [6.45, 7) is 4.68. The molecular formula is C27H22F3NO4.